The molecule has 77 heavy (non-hydrogen) atoms. The van der Waals surface area contributed by atoms with Gasteiger partial charge in [-0.25, -0.2) is 9.97 Å². The molecule has 0 aliphatic carbocycles. The molecule has 9 rings (SSSR count). The van der Waals surface area contributed by atoms with E-state index < -0.39 is 0 Å². The number of hydrogen-bond acceptors (Lipinski definition) is 9. The molecule has 7 aromatic heterocycles. The Morgan fingerprint density at radius 2 is 1.03 bits per heavy atom. The molecule has 0 fully saturated rings. The van der Waals surface area contributed by atoms with Crippen LogP contribution in [0.1, 0.15) is 145 Å². The van der Waals surface area contributed by atoms with Crippen LogP contribution in [0.4, 0.5) is 0 Å². The third kappa shape index (κ3) is 13.4. The second-order valence-corrected chi connectivity index (χ2v) is 25.5. The Morgan fingerprint density at radius 1 is 0.494 bits per heavy atom. The van der Waals surface area contributed by atoms with E-state index in [0.717, 1.165) is 76.4 Å². The fourth-order valence-corrected chi connectivity index (χ4v) is 16.1. The smallest absolute Gasteiger partial charge is 0.140 e. The summed E-state index contributed by atoms with van der Waals surface area (Å²) in [4.78, 5) is 21.7. The minimum atomic E-state index is 0.595. The zero-order chi connectivity index (χ0) is 53.5. The molecule has 0 spiro atoms. The number of terminal acetylenes is 1. The van der Waals surface area contributed by atoms with Crippen molar-refractivity contribution in [1.82, 2.24) is 14.5 Å². The topological polar surface area (TPSA) is 49.2 Å². The van der Waals surface area contributed by atoms with Gasteiger partial charge >= 0.3 is 0 Å². The molecular formula is C67H69N3O2S5. The number of rotatable bonds is 26. The van der Waals surface area contributed by atoms with Crippen LogP contribution in [-0.2, 0) is 19.4 Å². The standard InChI is InChI=1S/C67H69N3O2S5/c1-8-13-16-19-22-23-26-39-70-54-44-58(56-42-50(29-11-4)46(6)73-56)76-65(54)66-55(70)45-59(77-66)57-43-51(30-12-5)64(75-57)67-63-60(47(7)74-67)68-61(48-31-35-52(36-32-48)71-40-27-24-20-17-14-9-2)62(69-63)49-33-37-53(38-34-49)72-41-28-25-21-18-15-10-3/h3,31-38,42-45H,8-9,11-14,16-17,19-20,22-24,26-27,29-30,39-40H2,1-2,4-7H3. The first-order valence-electron chi connectivity index (χ1n) is 27.9. The summed E-state index contributed by atoms with van der Waals surface area (Å²) in [5, 5.41) is 0. The largest absolute Gasteiger partial charge is 0.494 e. The van der Waals surface area contributed by atoms with Gasteiger partial charge in [-0.1, -0.05) is 111 Å². The number of aryl methyl sites for hydroxylation is 5. The Morgan fingerprint density at radius 3 is 1.66 bits per heavy atom. The van der Waals surface area contributed by atoms with E-state index in [1.54, 1.807) is 0 Å². The SMILES string of the molecule is C#CC#CC#CC#COc1ccc(-c2nc3c(-c4sc(-c5cc6c(s5)c5sc(-c7cc(CCC)c(C)s7)cc5n6CCCCCCCCC)cc4CCC)sc(C)c3nc2-c2ccc(OCCCCCCCC)cc2)cc1. The first kappa shape index (κ1) is 55.7. The van der Waals surface area contributed by atoms with Crippen molar-refractivity contribution in [3.05, 3.63) is 93.7 Å². The van der Waals surface area contributed by atoms with Gasteiger partial charge < -0.3 is 14.0 Å². The Kier molecular flexibility index (Phi) is 19.9. The summed E-state index contributed by atoms with van der Waals surface area (Å²) in [5.41, 5.74) is 11.1. The van der Waals surface area contributed by atoms with E-state index >= 15 is 0 Å². The third-order valence-corrected chi connectivity index (χ3v) is 20.3. The Bertz CT molecular complexity index is 3680. The van der Waals surface area contributed by atoms with Crippen molar-refractivity contribution in [3.8, 4) is 111 Å². The van der Waals surface area contributed by atoms with E-state index in [0.29, 0.717) is 12.4 Å². The quantitative estimate of drug-likeness (QED) is 0.0400. The number of aromatic nitrogens is 3. The van der Waals surface area contributed by atoms with Gasteiger partial charge in [-0.15, -0.1) is 63.1 Å². The van der Waals surface area contributed by atoms with Gasteiger partial charge in [0, 0.05) is 64.7 Å². The molecule has 0 aliphatic rings. The maximum atomic E-state index is 6.22. The molecule has 0 bridgehead atoms. The minimum absolute atomic E-state index is 0.595. The zero-order valence-corrected chi connectivity index (χ0v) is 49.7. The Balaban J connectivity index is 1.08. The van der Waals surface area contributed by atoms with Gasteiger partial charge in [0.2, 0.25) is 0 Å². The summed E-state index contributed by atoms with van der Waals surface area (Å²) in [5.74, 6) is 16.7. The summed E-state index contributed by atoms with van der Waals surface area (Å²) in [6.45, 7) is 15.4. The van der Waals surface area contributed by atoms with Crippen LogP contribution in [-0.4, -0.2) is 21.1 Å². The van der Waals surface area contributed by atoms with Gasteiger partial charge in [0.25, 0.3) is 0 Å². The number of nitrogens with zero attached hydrogens (tertiary/aromatic N) is 3. The predicted octanol–water partition coefficient (Wildman–Crippen LogP) is 20.4. The van der Waals surface area contributed by atoms with Gasteiger partial charge in [-0.3, -0.25) is 0 Å². The maximum Gasteiger partial charge on any atom is 0.140 e. The number of unbranched alkanes of at least 4 members (excludes halogenated alkanes) is 11. The second-order valence-electron chi connectivity index (χ2n) is 19.8. The van der Waals surface area contributed by atoms with Crippen LogP contribution < -0.4 is 9.47 Å². The average molecular weight is 1110 g/mol. The number of hydrogen-bond donors (Lipinski definition) is 0. The number of fused-ring (bicyclic) bond motifs is 4. The molecule has 0 radical (unpaired) electrons. The van der Waals surface area contributed by atoms with Crippen molar-refractivity contribution in [2.45, 2.75) is 157 Å². The molecule has 5 nitrogen and oxygen atoms in total. The first-order valence-corrected chi connectivity index (χ1v) is 32.0. The normalized spacial score (nSPS) is 11.1. The highest BCUT2D eigenvalue weighted by Gasteiger charge is 2.25. The van der Waals surface area contributed by atoms with Crippen LogP contribution >= 0.6 is 56.7 Å². The van der Waals surface area contributed by atoms with Crippen molar-refractivity contribution in [2.75, 3.05) is 6.61 Å². The lowest BCUT2D eigenvalue weighted by Crippen LogP contribution is -1.98. The van der Waals surface area contributed by atoms with Gasteiger partial charge in [-0.05, 0) is 141 Å². The van der Waals surface area contributed by atoms with Crippen LogP contribution in [0, 0.1) is 61.9 Å². The van der Waals surface area contributed by atoms with Crippen molar-refractivity contribution in [3.63, 3.8) is 0 Å². The fraction of sp³-hybridized carbons (Fsp3) is 0.373. The highest BCUT2D eigenvalue weighted by atomic mass is 32.1. The summed E-state index contributed by atoms with van der Waals surface area (Å²) < 4.78 is 17.5. The molecule has 0 unspecified atom stereocenters. The Hall–Kier alpha value is -6.08. The van der Waals surface area contributed by atoms with Crippen LogP contribution in [0.25, 0.3) is 83.2 Å². The maximum absolute atomic E-state index is 6.22. The van der Waals surface area contributed by atoms with E-state index in [1.165, 1.54) is 149 Å². The zero-order valence-electron chi connectivity index (χ0n) is 45.6. The lowest BCUT2D eigenvalue weighted by Gasteiger charge is -2.12. The van der Waals surface area contributed by atoms with E-state index in [1.807, 2.05) is 80.9 Å². The first-order chi connectivity index (χ1) is 37.8. The second kappa shape index (κ2) is 27.5. The minimum Gasteiger partial charge on any atom is -0.494 e. The predicted molar refractivity (Wildman–Crippen MR) is 336 cm³/mol. The third-order valence-electron chi connectivity index (χ3n) is 14.0. The van der Waals surface area contributed by atoms with Crippen LogP contribution in [0.2, 0.25) is 0 Å². The summed E-state index contributed by atoms with van der Waals surface area (Å²) in [7, 11) is 0. The lowest BCUT2D eigenvalue weighted by molar-refractivity contribution is 0.304. The van der Waals surface area contributed by atoms with Gasteiger partial charge in [-0.2, -0.15) is 0 Å². The van der Waals surface area contributed by atoms with E-state index in [-0.39, 0.29) is 0 Å². The van der Waals surface area contributed by atoms with Crippen LogP contribution in [0.15, 0.2) is 72.8 Å². The molecule has 0 atom stereocenters. The molecule has 9 aromatic rings. The summed E-state index contributed by atoms with van der Waals surface area (Å²) >= 11 is 9.66. The van der Waals surface area contributed by atoms with Crippen molar-refractivity contribution in [2.24, 2.45) is 0 Å². The highest BCUT2D eigenvalue weighted by molar-refractivity contribution is 7.33. The molecule has 394 valence electrons. The van der Waals surface area contributed by atoms with Gasteiger partial charge in [0.1, 0.15) is 28.6 Å². The molecule has 7 heterocycles. The molecule has 0 saturated carbocycles. The fourth-order valence-electron chi connectivity index (χ4n) is 10.0. The molecule has 2 aromatic carbocycles. The molecule has 0 saturated heterocycles. The highest BCUT2D eigenvalue weighted by Crippen LogP contribution is 2.51. The monoisotopic (exact) mass is 1110 g/mol. The molecule has 10 heteroatoms. The Labute approximate surface area is 477 Å². The van der Waals surface area contributed by atoms with Crippen molar-refractivity contribution >= 4 is 88.2 Å². The van der Waals surface area contributed by atoms with E-state index in [2.05, 4.69) is 136 Å². The molecule has 0 N–H and O–H groups in total. The number of ether oxygens (including phenoxy) is 2. The number of benzene rings is 2. The van der Waals surface area contributed by atoms with E-state index in [9.17, 15) is 0 Å². The van der Waals surface area contributed by atoms with Crippen LogP contribution in [0.3, 0.4) is 0 Å². The molecule has 0 amide bonds. The van der Waals surface area contributed by atoms with Crippen molar-refractivity contribution in [1.29, 1.82) is 0 Å². The van der Waals surface area contributed by atoms with Crippen LogP contribution in [0.5, 0.6) is 11.5 Å². The van der Waals surface area contributed by atoms with Gasteiger partial charge in [0.15, 0.2) is 0 Å². The summed E-state index contributed by atoms with van der Waals surface area (Å²) in [6, 6.07) is 26.2. The lowest BCUT2D eigenvalue weighted by atomic mass is 10.0. The number of thiophene rings is 5. The molecule has 0 aliphatic heterocycles. The summed E-state index contributed by atoms with van der Waals surface area (Å²) in [6.07, 6.45) is 28.7. The van der Waals surface area contributed by atoms with Crippen molar-refractivity contribution < 1.29 is 9.47 Å². The van der Waals surface area contributed by atoms with E-state index in [4.69, 9.17) is 25.9 Å². The average Bonchev–Trinajstić information content (AvgIpc) is 4.32. The van der Waals surface area contributed by atoms with Gasteiger partial charge in [0.05, 0.1) is 48.2 Å². The molecular weight excluding hydrogens is 1040 g/mol.